The lowest BCUT2D eigenvalue weighted by Crippen LogP contribution is -2.43. The van der Waals surface area contributed by atoms with Gasteiger partial charge in [-0.05, 0) is 83.3 Å². The number of nitrogens with one attached hydrogen (secondary N) is 2. The normalized spacial score (nSPS) is 21.8. The van der Waals surface area contributed by atoms with Gasteiger partial charge in [-0.25, -0.2) is 23.5 Å². The topological polar surface area (TPSA) is 88.6 Å². The van der Waals surface area contributed by atoms with Crippen molar-refractivity contribution >= 4 is 12.0 Å². The minimum absolute atomic E-state index is 0.0519. The van der Waals surface area contributed by atoms with E-state index in [9.17, 15) is 13.6 Å². The van der Waals surface area contributed by atoms with E-state index >= 15 is 0 Å². The number of alkyl carbamates (subject to hydrolysis) is 1. The molecule has 0 radical (unpaired) electrons. The molecule has 10 heteroatoms. The van der Waals surface area contributed by atoms with Gasteiger partial charge in [0.15, 0.2) is 5.75 Å². The quantitative estimate of drug-likeness (QED) is 0.616. The summed E-state index contributed by atoms with van der Waals surface area (Å²) in [5.74, 6) is -0.108. The Morgan fingerprint density at radius 3 is 2.53 bits per heavy atom. The second-order valence-corrected chi connectivity index (χ2v) is 10.6. The van der Waals surface area contributed by atoms with Crippen LogP contribution in [0.1, 0.15) is 52.0 Å². The number of ether oxygens (including phenoxy) is 2. The van der Waals surface area contributed by atoms with Crippen molar-refractivity contribution in [1.82, 2.24) is 20.6 Å². The van der Waals surface area contributed by atoms with Crippen LogP contribution in [0.2, 0.25) is 0 Å². The SMILES string of the molecule is C[C@H](Oc1cnc(N2C[C@H](NC(=O)OC(C)(C)C)[C@@H](c3cc(F)ccc3F)C2)nc1)C1CCNCC1. The number of halogens is 2. The number of carbonyl (C=O) groups is 1. The lowest BCUT2D eigenvalue weighted by Gasteiger charge is -2.28. The predicted octanol–water partition coefficient (Wildman–Crippen LogP) is 4.02. The first-order chi connectivity index (χ1) is 17.1. The molecular weight excluding hydrogens is 468 g/mol. The van der Waals surface area contributed by atoms with Gasteiger partial charge in [0.1, 0.15) is 17.2 Å². The van der Waals surface area contributed by atoms with Crippen LogP contribution in [-0.4, -0.2) is 60.0 Å². The van der Waals surface area contributed by atoms with Gasteiger partial charge in [-0.1, -0.05) is 0 Å². The molecule has 1 aromatic heterocycles. The third kappa shape index (κ3) is 6.60. The van der Waals surface area contributed by atoms with E-state index in [-0.39, 0.29) is 11.7 Å². The largest absolute Gasteiger partial charge is 0.487 e. The van der Waals surface area contributed by atoms with Crippen LogP contribution >= 0.6 is 0 Å². The van der Waals surface area contributed by atoms with E-state index in [0.29, 0.717) is 30.7 Å². The summed E-state index contributed by atoms with van der Waals surface area (Å²) < 4.78 is 40.1. The second-order valence-electron chi connectivity index (χ2n) is 10.6. The zero-order chi connectivity index (χ0) is 25.9. The first kappa shape index (κ1) is 26.1. The minimum atomic E-state index is -0.688. The van der Waals surface area contributed by atoms with Crippen molar-refractivity contribution in [2.75, 3.05) is 31.1 Å². The molecule has 1 aromatic carbocycles. The summed E-state index contributed by atoms with van der Waals surface area (Å²) in [6, 6.07) is 2.82. The molecule has 196 valence electrons. The third-order valence-corrected chi connectivity index (χ3v) is 6.65. The maximum atomic E-state index is 14.7. The first-order valence-corrected chi connectivity index (χ1v) is 12.5. The van der Waals surface area contributed by atoms with E-state index in [1.165, 1.54) is 6.07 Å². The maximum absolute atomic E-state index is 14.7. The smallest absolute Gasteiger partial charge is 0.407 e. The van der Waals surface area contributed by atoms with Crippen LogP contribution in [0.5, 0.6) is 5.75 Å². The summed E-state index contributed by atoms with van der Waals surface area (Å²) in [6.45, 7) is 9.96. The van der Waals surface area contributed by atoms with E-state index in [4.69, 9.17) is 9.47 Å². The van der Waals surface area contributed by atoms with Crippen LogP contribution < -0.4 is 20.3 Å². The lowest BCUT2D eigenvalue weighted by molar-refractivity contribution is 0.0504. The molecule has 2 fully saturated rings. The summed E-state index contributed by atoms with van der Waals surface area (Å²) >= 11 is 0. The van der Waals surface area contributed by atoms with Gasteiger partial charge >= 0.3 is 6.09 Å². The Bertz CT molecular complexity index is 1040. The average Bonchev–Trinajstić information content (AvgIpc) is 3.23. The summed E-state index contributed by atoms with van der Waals surface area (Å²) in [7, 11) is 0. The van der Waals surface area contributed by atoms with Crippen molar-refractivity contribution in [2.45, 2.75) is 64.2 Å². The van der Waals surface area contributed by atoms with Crippen molar-refractivity contribution in [1.29, 1.82) is 0 Å². The highest BCUT2D eigenvalue weighted by atomic mass is 19.1. The molecular formula is C26H35F2N5O3. The van der Waals surface area contributed by atoms with Gasteiger partial charge in [0.25, 0.3) is 0 Å². The fourth-order valence-electron chi connectivity index (χ4n) is 4.84. The predicted molar refractivity (Wildman–Crippen MR) is 132 cm³/mol. The van der Waals surface area contributed by atoms with Gasteiger partial charge in [0, 0.05) is 19.0 Å². The molecule has 1 amide bonds. The molecule has 2 aliphatic rings. The van der Waals surface area contributed by atoms with Crippen LogP contribution in [0, 0.1) is 17.6 Å². The van der Waals surface area contributed by atoms with E-state index in [2.05, 4.69) is 27.5 Å². The van der Waals surface area contributed by atoms with Gasteiger partial charge in [-0.15, -0.1) is 0 Å². The van der Waals surface area contributed by atoms with Gasteiger partial charge in [0.2, 0.25) is 5.95 Å². The number of benzene rings is 1. The Balaban J connectivity index is 1.48. The molecule has 0 aliphatic carbocycles. The molecule has 2 aliphatic heterocycles. The summed E-state index contributed by atoms with van der Waals surface area (Å²) in [5, 5.41) is 6.18. The minimum Gasteiger partial charge on any atom is -0.487 e. The van der Waals surface area contributed by atoms with E-state index in [0.717, 1.165) is 38.1 Å². The molecule has 2 N–H and O–H groups in total. The Kier molecular flexibility index (Phi) is 7.92. The van der Waals surface area contributed by atoms with Gasteiger partial charge in [0.05, 0.1) is 24.5 Å². The fourth-order valence-corrected chi connectivity index (χ4v) is 4.84. The number of aromatic nitrogens is 2. The first-order valence-electron chi connectivity index (χ1n) is 12.5. The standard InChI is InChI=1S/C26H35F2N5O3/c1-16(17-7-9-29-10-8-17)35-19-12-30-24(31-13-19)33-14-21(20-11-18(27)5-6-22(20)28)23(15-33)32-25(34)36-26(2,3)4/h5-6,11-13,16-17,21,23,29H,7-10,14-15H2,1-4H3,(H,32,34)/t16-,21+,23-/m0/s1. The van der Waals surface area contributed by atoms with Crippen molar-refractivity contribution in [3.05, 3.63) is 47.8 Å². The number of anilines is 1. The Hall–Kier alpha value is -3.01. The van der Waals surface area contributed by atoms with Crippen molar-refractivity contribution in [2.24, 2.45) is 5.92 Å². The van der Waals surface area contributed by atoms with Crippen LogP contribution in [0.4, 0.5) is 19.5 Å². The van der Waals surface area contributed by atoms with Gasteiger partial charge in [-0.3, -0.25) is 0 Å². The summed E-state index contributed by atoms with van der Waals surface area (Å²) in [4.78, 5) is 23.3. The number of hydrogen-bond donors (Lipinski definition) is 2. The second kappa shape index (κ2) is 10.9. The number of amides is 1. The molecule has 0 bridgehead atoms. The van der Waals surface area contributed by atoms with E-state index in [1.807, 2.05) is 4.90 Å². The third-order valence-electron chi connectivity index (χ3n) is 6.65. The van der Waals surface area contributed by atoms with Crippen LogP contribution in [0.15, 0.2) is 30.6 Å². The van der Waals surface area contributed by atoms with Gasteiger partial charge in [-0.2, -0.15) is 0 Å². The average molecular weight is 504 g/mol. The number of nitrogens with zero attached hydrogens (tertiary/aromatic N) is 3. The fraction of sp³-hybridized carbons (Fsp3) is 0.577. The number of carbonyl (C=O) groups excluding carboxylic acids is 1. The zero-order valence-corrected chi connectivity index (χ0v) is 21.3. The molecule has 3 heterocycles. The van der Waals surface area contributed by atoms with E-state index in [1.54, 1.807) is 33.2 Å². The van der Waals surface area contributed by atoms with Gasteiger partial charge < -0.3 is 25.0 Å². The maximum Gasteiger partial charge on any atom is 0.407 e. The molecule has 4 rings (SSSR count). The monoisotopic (exact) mass is 503 g/mol. The number of hydrogen-bond acceptors (Lipinski definition) is 7. The Labute approximate surface area is 210 Å². The van der Waals surface area contributed by atoms with Crippen LogP contribution in [0.25, 0.3) is 0 Å². The molecule has 36 heavy (non-hydrogen) atoms. The molecule has 0 unspecified atom stereocenters. The highest BCUT2D eigenvalue weighted by molar-refractivity contribution is 5.68. The van der Waals surface area contributed by atoms with Crippen LogP contribution in [0.3, 0.4) is 0 Å². The Morgan fingerprint density at radius 2 is 1.86 bits per heavy atom. The zero-order valence-electron chi connectivity index (χ0n) is 21.3. The van der Waals surface area contributed by atoms with Crippen LogP contribution in [-0.2, 0) is 4.74 Å². The summed E-state index contributed by atoms with van der Waals surface area (Å²) in [5.41, 5.74) is -0.499. The lowest BCUT2D eigenvalue weighted by atomic mass is 9.93. The van der Waals surface area contributed by atoms with Crippen molar-refractivity contribution in [3.63, 3.8) is 0 Å². The Morgan fingerprint density at radius 1 is 1.17 bits per heavy atom. The number of rotatable bonds is 6. The van der Waals surface area contributed by atoms with Crippen molar-refractivity contribution < 1.29 is 23.0 Å². The summed E-state index contributed by atoms with van der Waals surface area (Å²) in [6.07, 6.45) is 4.83. The molecule has 2 aromatic rings. The molecule has 8 nitrogen and oxygen atoms in total. The van der Waals surface area contributed by atoms with E-state index < -0.39 is 35.3 Å². The molecule has 3 atom stereocenters. The number of piperidine rings is 1. The highest BCUT2D eigenvalue weighted by Gasteiger charge is 2.38. The molecule has 0 spiro atoms. The molecule has 0 saturated carbocycles. The highest BCUT2D eigenvalue weighted by Crippen LogP contribution is 2.32. The van der Waals surface area contributed by atoms with Crippen molar-refractivity contribution in [3.8, 4) is 5.75 Å². The molecule has 2 saturated heterocycles.